The number of carboxylic acids is 1. The molecular formula is C12H16N2O6S2. The number of thioether (sulfide) groups is 1. The molecule has 22 heavy (non-hydrogen) atoms. The summed E-state index contributed by atoms with van der Waals surface area (Å²) in [6, 6.07) is 0.638. The minimum Gasteiger partial charge on any atom is -0.481 e. The standard InChI is InChI=1S/C12H16N2O6S2/c1-7-10(22(13,18)19)5-9(20-7)12(17)14-2-3-21-6-8(14)4-11(15)16/h5,8H,2-4,6H2,1H3,(H,15,16)(H2,13,18,19). The Morgan fingerprint density at radius 3 is 2.77 bits per heavy atom. The second kappa shape index (κ2) is 6.31. The molecule has 1 saturated heterocycles. The van der Waals surface area contributed by atoms with Crippen molar-refractivity contribution in [3.63, 3.8) is 0 Å². The second-order valence-electron chi connectivity index (χ2n) is 4.90. The number of nitrogens with two attached hydrogens (primary N) is 1. The highest BCUT2D eigenvalue weighted by molar-refractivity contribution is 7.99. The second-order valence-corrected chi connectivity index (χ2v) is 7.58. The largest absolute Gasteiger partial charge is 0.481 e. The van der Waals surface area contributed by atoms with Crippen LogP contribution in [-0.4, -0.2) is 54.4 Å². The zero-order valence-corrected chi connectivity index (χ0v) is 13.4. The number of nitrogens with zero attached hydrogens (tertiary/aromatic N) is 1. The Hall–Kier alpha value is -1.52. The summed E-state index contributed by atoms with van der Waals surface area (Å²) in [7, 11) is -3.97. The lowest BCUT2D eigenvalue weighted by atomic mass is 10.2. The van der Waals surface area contributed by atoms with Gasteiger partial charge in [-0.3, -0.25) is 9.59 Å². The van der Waals surface area contributed by atoms with Gasteiger partial charge in [-0.2, -0.15) is 11.8 Å². The summed E-state index contributed by atoms with van der Waals surface area (Å²) in [6.45, 7) is 1.78. The van der Waals surface area contributed by atoms with E-state index >= 15 is 0 Å². The molecule has 0 saturated carbocycles. The molecule has 1 aliphatic rings. The molecule has 1 atom stereocenters. The monoisotopic (exact) mass is 348 g/mol. The van der Waals surface area contributed by atoms with Crippen LogP contribution in [0.25, 0.3) is 0 Å². The summed E-state index contributed by atoms with van der Waals surface area (Å²) in [4.78, 5) is 24.5. The van der Waals surface area contributed by atoms with Crippen LogP contribution < -0.4 is 5.14 Å². The summed E-state index contributed by atoms with van der Waals surface area (Å²) in [5.41, 5.74) is 0. The number of hydrogen-bond acceptors (Lipinski definition) is 6. The first-order valence-corrected chi connectivity index (χ1v) is 9.14. The Morgan fingerprint density at radius 2 is 2.23 bits per heavy atom. The number of furan rings is 1. The van der Waals surface area contributed by atoms with Crippen LogP contribution in [0.5, 0.6) is 0 Å². The molecule has 1 fully saturated rings. The summed E-state index contributed by atoms with van der Waals surface area (Å²) in [5.74, 6) is -0.435. The highest BCUT2D eigenvalue weighted by Gasteiger charge is 2.32. The predicted molar refractivity (Wildman–Crippen MR) is 79.2 cm³/mol. The number of carboxylic acid groups (broad SMARTS) is 1. The van der Waals surface area contributed by atoms with E-state index in [1.54, 1.807) is 11.8 Å². The number of aryl methyl sites for hydroxylation is 1. The van der Waals surface area contributed by atoms with Gasteiger partial charge in [0.15, 0.2) is 5.76 Å². The van der Waals surface area contributed by atoms with Gasteiger partial charge in [0.05, 0.1) is 12.5 Å². The number of rotatable bonds is 4. The van der Waals surface area contributed by atoms with Gasteiger partial charge < -0.3 is 14.4 Å². The highest BCUT2D eigenvalue weighted by atomic mass is 32.2. The van der Waals surface area contributed by atoms with Gasteiger partial charge >= 0.3 is 5.97 Å². The molecule has 0 aliphatic carbocycles. The lowest BCUT2D eigenvalue weighted by Crippen LogP contribution is -2.47. The van der Waals surface area contributed by atoms with E-state index in [0.29, 0.717) is 18.1 Å². The van der Waals surface area contributed by atoms with E-state index < -0.39 is 27.9 Å². The molecule has 0 bridgehead atoms. The van der Waals surface area contributed by atoms with E-state index in [9.17, 15) is 18.0 Å². The van der Waals surface area contributed by atoms with Gasteiger partial charge in [0.1, 0.15) is 10.7 Å². The Morgan fingerprint density at radius 1 is 1.55 bits per heavy atom. The third-order valence-corrected chi connectivity index (χ3v) is 5.40. The van der Waals surface area contributed by atoms with Crippen LogP contribution in [0.2, 0.25) is 0 Å². The first-order valence-electron chi connectivity index (χ1n) is 6.44. The smallest absolute Gasteiger partial charge is 0.305 e. The minimum atomic E-state index is -3.97. The molecule has 1 aromatic heterocycles. The molecule has 0 radical (unpaired) electrons. The van der Waals surface area contributed by atoms with Gasteiger partial charge in [0.2, 0.25) is 10.0 Å². The predicted octanol–water partition coefficient (Wildman–Crippen LogP) is 0.268. The van der Waals surface area contributed by atoms with Crippen LogP contribution in [0.4, 0.5) is 0 Å². The minimum absolute atomic E-state index is 0.0343. The van der Waals surface area contributed by atoms with Crippen molar-refractivity contribution < 1.29 is 27.5 Å². The maximum Gasteiger partial charge on any atom is 0.305 e. The Balaban J connectivity index is 2.28. The Bertz CT molecular complexity index is 696. The lowest BCUT2D eigenvalue weighted by molar-refractivity contribution is -0.138. The molecule has 1 unspecified atom stereocenters. The SMILES string of the molecule is Cc1oc(C(=O)N2CCSCC2CC(=O)O)cc1S(N)(=O)=O. The Labute approximate surface area is 131 Å². The van der Waals surface area contributed by atoms with E-state index in [-0.39, 0.29) is 22.8 Å². The molecule has 2 heterocycles. The van der Waals surface area contributed by atoms with Gasteiger partial charge in [0, 0.05) is 24.1 Å². The van der Waals surface area contributed by atoms with Crippen molar-refractivity contribution in [3.05, 3.63) is 17.6 Å². The zero-order valence-electron chi connectivity index (χ0n) is 11.8. The molecule has 0 aromatic carbocycles. The molecule has 1 amide bonds. The van der Waals surface area contributed by atoms with E-state index in [0.717, 1.165) is 6.07 Å². The van der Waals surface area contributed by atoms with Gasteiger partial charge in [0.25, 0.3) is 5.91 Å². The number of primary sulfonamides is 1. The fourth-order valence-electron chi connectivity index (χ4n) is 2.29. The molecule has 2 rings (SSSR count). The first kappa shape index (κ1) is 16.8. The van der Waals surface area contributed by atoms with Crippen molar-refractivity contribution in [1.29, 1.82) is 0 Å². The van der Waals surface area contributed by atoms with Crippen LogP contribution in [0, 0.1) is 6.92 Å². The zero-order chi connectivity index (χ0) is 16.5. The molecule has 10 heteroatoms. The lowest BCUT2D eigenvalue weighted by Gasteiger charge is -2.33. The number of amides is 1. The molecular weight excluding hydrogens is 332 g/mol. The van der Waals surface area contributed by atoms with Gasteiger partial charge in [-0.25, -0.2) is 13.6 Å². The fourth-order valence-corrected chi connectivity index (χ4v) is 4.06. The quantitative estimate of drug-likeness (QED) is 0.798. The number of carbonyl (C=O) groups is 2. The van der Waals surface area contributed by atoms with E-state index in [2.05, 4.69) is 0 Å². The molecule has 3 N–H and O–H groups in total. The number of aliphatic carboxylic acids is 1. The average Bonchev–Trinajstić information content (AvgIpc) is 2.80. The van der Waals surface area contributed by atoms with E-state index in [1.165, 1.54) is 11.8 Å². The van der Waals surface area contributed by atoms with Crippen molar-refractivity contribution in [3.8, 4) is 0 Å². The van der Waals surface area contributed by atoms with Crippen molar-refractivity contribution in [2.24, 2.45) is 5.14 Å². The molecule has 1 aliphatic heterocycles. The van der Waals surface area contributed by atoms with Crippen molar-refractivity contribution in [2.75, 3.05) is 18.1 Å². The third kappa shape index (κ3) is 3.62. The summed E-state index contributed by atoms with van der Waals surface area (Å²) < 4.78 is 28.0. The topological polar surface area (TPSA) is 131 Å². The normalized spacial score (nSPS) is 19.2. The number of carbonyl (C=O) groups excluding carboxylic acids is 1. The van der Waals surface area contributed by atoms with Crippen molar-refractivity contribution in [2.45, 2.75) is 24.3 Å². The van der Waals surface area contributed by atoms with Crippen LogP contribution in [-0.2, 0) is 14.8 Å². The molecule has 1 aromatic rings. The Kier molecular flexibility index (Phi) is 4.83. The van der Waals surface area contributed by atoms with Crippen LogP contribution in [0.1, 0.15) is 22.7 Å². The number of hydrogen-bond donors (Lipinski definition) is 2. The van der Waals surface area contributed by atoms with E-state index in [4.69, 9.17) is 14.7 Å². The maximum atomic E-state index is 12.5. The van der Waals surface area contributed by atoms with Crippen molar-refractivity contribution in [1.82, 2.24) is 4.90 Å². The van der Waals surface area contributed by atoms with E-state index in [1.807, 2.05) is 0 Å². The highest BCUT2D eigenvalue weighted by Crippen LogP contribution is 2.24. The summed E-state index contributed by atoms with van der Waals surface area (Å²) in [5, 5.41) is 14.0. The van der Waals surface area contributed by atoms with Gasteiger partial charge in [-0.1, -0.05) is 0 Å². The average molecular weight is 348 g/mol. The fraction of sp³-hybridized carbons (Fsp3) is 0.500. The van der Waals surface area contributed by atoms with Crippen LogP contribution >= 0.6 is 11.8 Å². The third-order valence-electron chi connectivity index (χ3n) is 3.29. The first-order chi connectivity index (χ1) is 10.2. The molecule has 122 valence electrons. The van der Waals surface area contributed by atoms with Gasteiger partial charge in [-0.05, 0) is 6.92 Å². The van der Waals surface area contributed by atoms with Crippen molar-refractivity contribution >= 4 is 33.7 Å². The number of sulfonamides is 1. The molecule has 8 nitrogen and oxygen atoms in total. The van der Waals surface area contributed by atoms with Crippen LogP contribution in [0.3, 0.4) is 0 Å². The van der Waals surface area contributed by atoms with Gasteiger partial charge in [-0.15, -0.1) is 0 Å². The molecule has 0 spiro atoms. The maximum absolute atomic E-state index is 12.5. The summed E-state index contributed by atoms with van der Waals surface area (Å²) >= 11 is 1.57. The van der Waals surface area contributed by atoms with Crippen LogP contribution in [0.15, 0.2) is 15.4 Å². The summed E-state index contributed by atoms with van der Waals surface area (Å²) in [6.07, 6.45) is -0.166.